The molecule has 0 radical (unpaired) electrons. The van der Waals surface area contributed by atoms with Crippen LogP contribution in [-0.2, 0) is 4.74 Å². The van der Waals surface area contributed by atoms with E-state index >= 15 is 0 Å². The highest BCUT2D eigenvalue weighted by Crippen LogP contribution is 2.52. The van der Waals surface area contributed by atoms with Gasteiger partial charge in [-0.3, -0.25) is 0 Å². The third-order valence-corrected chi connectivity index (χ3v) is 5.09. The maximum Gasteiger partial charge on any atom is 0.0680 e. The predicted molar refractivity (Wildman–Crippen MR) is 74.6 cm³/mol. The lowest BCUT2D eigenvalue weighted by Gasteiger charge is -2.53. The molecule has 0 heterocycles. The van der Waals surface area contributed by atoms with Crippen LogP contribution in [0.2, 0.25) is 0 Å². The van der Waals surface area contributed by atoms with Gasteiger partial charge in [0.25, 0.3) is 0 Å². The Hall–Kier alpha value is -0.0800. The maximum atomic E-state index is 10.2. The van der Waals surface area contributed by atoms with Crippen LogP contribution >= 0.6 is 0 Å². The van der Waals surface area contributed by atoms with Gasteiger partial charge in [-0.2, -0.15) is 0 Å². The quantitative estimate of drug-likeness (QED) is 0.724. The summed E-state index contributed by atoms with van der Waals surface area (Å²) in [7, 11) is 0. The highest BCUT2D eigenvalue weighted by molar-refractivity contribution is 5.04. The highest BCUT2D eigenvalue weighted by atomic mass is 16.5. The van der Waals surface area contributed by atoms with Gasteiger partial charge >= 0.3 is 0 Å². The van der Waals surface area contributed by atoms with Gasteiger partial charge in [0.05, 0.1) is 12.2 Å². The molecule has 0 aliphatic heterocycles. The number of aliphatic hydroxyl groups excluding tert-OH is 1. The molecule has 2 unspecified atom stereocenters. The molecule has 2 atom stereocenters. The largest absolute Gasteiger partial charge is 0.392 e. The summed E-state index contributed by atoms with van der Waals surface area (Å²) < 4.78 is 6.08. The van der Waals surface area contributed by atoms with E-state index in [1.807, 2.05) is 0 Å². The van der Waals surface area contributed by atoms with Crippen LogP contribution in [0.25, 0.3) is 0 Å². The highest BCUT2D eigenvalue weighted by Gasteiger charge is 2.54. The zero-order valence-electron chi connectivity index (χ0n) is 12.0. The second-order valence-corrected chi connectivity index (χ2v) is 6.32. The van der Waals surface area contributed by atoms with Crippen LogP contribution in [0.15, 0.2) is 0 Å². The van der Waals surface area contributed by atoms with Crippen LogP contribution in [0.4, 0.5) is 0 Å². The van der Waals surface area contributed by atoms with E-state index in [-0.39, 0.29) is 11.5 Å². The summed E-state index contributed by atoms with van der Waals surface area (Å²) in [6.07, 6.45) is 13.9. The van der Waals surface area contributed by atoms with Gasteiger partial charge in [-0.15, -0.1) is 0 Å². The van der Waals surface area contributed by atoms with Crippen molar-refractivity contribution in [3.63, 3.8) is 0 Å². The first-order chi connectivity index (χ1) is 8.79. The van der Waals surface area contributed by atoms with Crippen LogP contribution in [0.1, 0.15) is 77.6 Å². The van der Waals surface area contributed by atoms with E-state index in [4.69, 9.17) is 4.74 Å². The van der Waals surface area contributed by atoms with Crippen molar-refractivity contribution in [3.05, 3.63) is 0 Å². The molecule has 2 rings (SSSR count). The van der Waals surface area contributed by atoms with Gasteiger partial charge in [0.1, 0.15) is 0 Å². The molecule has 1 N–H and O–H groups in total. The van der Waals surface area contributed by atoms with E-state index < -0.39 is 0 Å². The average Bonchev–Trinajstić information content (AvgIpc) is 2.65. The predicted octanol–water partition coefficient (Wildman–Crippen LogP) is 4.06. The smallest absolute Gasteiger partial charge is 0.0680 e. The fraction of sp³-hybridized carbons (Fsp3) is 1.00. The van der Waals surface area contributed by atoms with Gasteiger partial charge in [0, 0.05) is 18.4 Å². The monoisotopic (exact) mass is 254 g/mol. The lowest BCUT2D eigenvalue weighted by Crippen LogP contribution is -2.58. The minimum atomic E-state index is -0.0868. The standard InChI is InChI=1S/C16H30O2/c1-2-3-4-9-12-18-15-13-14(17)16(15)10-7-5-6-8-11-16/h14-15,17H,2-13H2,1H3. The summed E-state index contributed by atoms with van der Waals surface area (Å²) in [6.45, 7) is 3.14. The minimum absolute atomic E-state index is 0.0868. The Bertz CT molecular complexity index is 231. The number of rotatable bonds is 6. The van der Waals surface area contributed by atoms with Gasteiger partial charge in [-0.05, 0) is 19.3 Å². The van der Waals surface area contributed by atoms with Crippen molar-refractivity contribution in [3.8, 4) is 0 Å². The molecular weight excluding hydrogens is 224 g/mol. The molecule has 0 saturated heterocycles. The molecular formula is C16H30O2. The first-order valence-electron chi connectivity index (χ1n) is 8.09. The Morgan fingerprint density at radius 2 is 1.78 bits per heavy atom. The average molecular weight is 254 g/mol. The Kier molecular flexibility index (Phi) is 5.50. The Morgan fingerprint density at radius 1 is 1.06 bits per heavy atom. The number of aliphatic hydroxyl groups is 1. The van der Waals surface area contributed by atoms with Crippen LogP contribution in [0.3, 0.4) is 0 Å². The molecule has 1 spiro atoms. The summed E-state index contributed by atoms with van der Waals surface area (Å²) >= 11 is 0. The molecule has 2 nitrogen and oxygen atoms in total. The van der Waals surface area contributed by atoms with Gasteiger partial charge < -0.3 is 9.84 Å². The summed E-state index contributed by atoms with van der Waals surface area (Å²) in [4.78, 5) is 0. The molecule has 18 heavy (non-hydrogen) atoms. The molecule has 0 bridgehead atoms. The minimum Gasteiger partial charge on any atom is -0.392 e. The molecule has 106 valence electrons. The molecule has 0 amide bonds. The normalized spacial score (nSPS) is 31.0. The number of ether oxygens (including phenoxy) is 1. The van der Waals surface area contributed by atoms with E-state index in [2.05, 4.69) is 6.92 Å². The fourth-order valence-electron chi connectivity index (χ4n) is 3.76. The van der Waals surface area contributed by atoms with Gasteiger partial charge in [0.2, 0.25) is 0 Å². The van der Waals surface area contributed by atoms with Crippen molar-refractivity contribution in [2.45, 2.75) is 89.8 Å². The lowest BCUT2D eigenvalue weighted by atomic mass is 9.59. The Labute approximate surface area is 112 Å². The van der Waals surface area contributed by atoms with Gasteiger partial charge in [0.15, 0.2) is 0 Å². The van der Waals surface area contributed by atoms with Crippen LogP contribution in [0.5, 0.6) is 0 Å². The maximum absolute atomic E-state index is 10.2. The van der Waals surface area contributed by atoms with Crippen LogP contribution < -0.4 is 0 Å². The van der Waals surface area contributed by atoms with Gasteiger partial charge in [-0.1, -0.05) is 51.9 Å². The topological polar surface area (TPSA) is 29.5 Å². The molecule has 0 aromatic carbocycles. The van der Waals surface area contributed by atoms with Crippen molar-refractivity contribution in [1.29, 1.82) is 0 Å². The van der Waals surface area contributed by atoms with E-state index in [0.29, 0.717) is 6.10 Å². The SMILES string of the molecule is CCCCCCOC1CC(O)C12CCCCCC2. The van der Waals surface area contributed by atoms with Crippen LogP contribution in [-0.4, -0.2) is 23.9 Å². The van der Waals surface area contributed by atoms with E-state index in [0.717, 1.165) is 13.0 Å². The zero-order chi connectivity index (χ0) is 12.8. The molecule has 2 aliphatic carbocycles. The Balaban J connectivity index is 1.74. The zero-order valence-corrected chi connectivity index (χ0v) is 12.0. The van der Waals surface area contributed by atoms with E-state index in [9.17, 15) is 5.11 Å². The summed E-state index contributed by atoms with van der Waals surface area (Å²) in [5.41, 5.74) is 0.140. The molecule has 0 aromatic heterocycles. The number of hydrogen-bond donors (Lipinski definition) is 1. The second kappa shape index (κ2) is 6.91. The van der Waals surface area contributed by atoms with E-state index in [1.54, 1.807) is 0 Å². The van der Waals surface area contributed by atoms with Crippen molar-refractivity contribution >= 4 is 0 Å². The van der Waals surface area contributed by atoms with Gasteiger partial charge in [-0.25, -0.2) is 0 Å². The third kappa shape index (κ3) is 3.08. The van der Waals surface area contributed by atoms with Crippen molar-refractivity contribution in [2.24, 2.45) is 5.41 Å². The lowest BCUT2D eigenvalue weighted by molar-refractivity contribution is -0.199. The molecule has 2 heteroatoms. The van der Waals surface area contributed by atoms with Crippen LogP contribution in [0, 0.1) is 5.41 Å². The van der Waals surface area contributed by atoms with E-state index in [1.165, 1.54) is 64.2 Å². The number of hydrogen-bond acceptors (Lipinski definition) is 2. The summed E-state index contributed by atoms with van der Waals surface area (Å²) in [6, 6.07) is 0. The second-order valence-electron chi connectivity index (χ2n) is 6.32. The summed E-state index contributed by atoms with van der Waals surface area (Å²) in [5, 5.41) is 10.2. The van der Waals surface area contributed by atoms with Crippen molar-refractivity contribution in [2.75, 3.05) is 6.61 Å². The van der Waals surface area contributed by atoms with Crippen molar-refractivity contribution in [1.82, 2.24) is 0 Å². The summed E-state index contributed by atoms with van der Waals surface area (Å²) in [5.74, 6) is 0. The van der Waals surface area contributed by atoms with Crippen molar-refractivity contribution < 1.29 is 9.84 Å². The number of unbranched alkanes of at least 4 members (excludes halogenated alkanes) is 3. The first kappa shape index (κ1) is 14.3. The molecule has 2 saturated carbocycles. The molecule has 2 fully saturated rings. The molecule has 2 aliphatic rings. The first-order valence-corrected chi connectivity index (χ1v) is 8.09. The Morgan fingerprint density at radius 3 is 2.39 bits per heavy atom. The third-order valence-electron chi connectivity index (χ3n) is 5.09. The molecule has 0 aromatic rings. The fourth-order valence-corrected chi connectivity index (χ4v) is 3.76.